The molecule has 1 fully saturated rings. The summed E-state index contributed by atoms with van der Waals surface area (Å²) in [6.45, 7) is 1.63. The van der Waals surface area contributed by atoms with Crippen LogP contribution in [0.5, 0.6) is 0 Å². The minimum Gasteiger partial charge on any atom is -0.433 e. The normalized spacial score (nSPS) is 23.6. The van der Waals surface area contributed by atoms with Crippen LogP contribution in [-0.2, 0) is 19.0 Å². The van der Waals surface area contributed by atoms with Crippen LogP contribution in [0.2, 0.25) is 0 Å². The highest BCUT2D eigenvalue weighted by Gasteiger charge is 2.16. The molecule has 0 saturated carbocycles. The largest absolute Gasteiger partial charge is 0.433 e. The molecule has 0 N–H and O–H groups in total. The zero-order chi connectivity index (χ0) is 10.2. The van der Waals surface area contributed by atoms with E-state index in [4.69, 9.17) is 25.8 Å². The van der Waals surface area contributed by atoms with Crippen molar-refractivity contribution in [1.82, 2.24) is 0 Å². The van der Waals surface area contributed by atoms with Crippen molar-refractivity contribution in [3.8, 4) is 0 Å². The molecule has 1 aliphatic heterocycles. The Labute approximate surface area is 88.5 Å². The highest BCUT2D eigenvalue weighted by molar-refractivity contribution is 6.18. The van der Waals surface area contributed by atoms with Crippen molar-refractivity contribution in [2.24, 2.45) is 0 Å². The molecule has 14 heavy (non-hydrogen) atoms. The van der Waals surface area contributed by atoms with Gasteiger partial charge in [0, 0.05) is 12.5 Å². The molecule has 1 unspecified atom stereocenters. The second-order valence-corrected chi connectivity index (χ2v) is 3.39. The van der Waals surface area contributed by atoms with Gasteiger partial charge >= 0.3 is 5.97 Å². The molecule has 1 rings (SSSR count). The van der Waals surface area contributed by atoms with Gasteiger partial charge in [-0.1, -0.05) is 0 Å². The minimum atomic E-state index is -0.564. The molecule has 0 aromatic carbocycles. The molecule has 1 saturated heterocycles. The molecule has 0 spiro atoms. The SMILES string of the molecule is O=C(CCCl)OC1COCCCCO1. The van der Waals surface area contributed by atoms with Crippen molar-refractivity contribution in [3.05, 3.63) is 0 Å². The van der Waals surface area contributed by atoms with Gasteiger partial charge in [0.25, 0.3) is 0 Å². The predicted molar refractivity (Wildman–Crippen MR) is 51.2 cm³/mol. The maximum Gasteiger partial charge on any atom is 0.309 e. The van der Waals surface area contributed by atoms with Crippen LogP contribution in [0.4, 0.5) is 0 Å². The van der Waals surface area contributed by atoms with Crippen molar-refractivity contribution >= 4 is 17.6 Å². The van der Waals surface area contributed by atoms with Gasteiger partial charge in [0.15, 0.2) is 0 Å². The third kappa shape index (κ3) is 4.79. The maximum absolute atomic E-state index is 11.1. The van der Waals surface area contributed by atoms with Gasteiger partial charge in [-0.3, -0.25) is 4.79 Å². The Morgan fingerprint density at radius 2 is 2.21 bits per heavy atom. The van der Waals surface area contributed by atoms with E-state index in [-0.39, 0.29) is 18.3 Å². The zero-order valence-corrected chi connectivity index (χ0v) is 8.79. The fourth-order valence-corrected chi connectivity index (χ4v) is 1.25. The highest BCUT2D eigenvalue weighted by Crippen LogP contribution is 2.05. The lowest BCUT2D eigenvalue weighted by molar-refractivity contribution is -0.195. The summed E-state index contributed by atoms with van der Waals surface area (Å²) in [4.78, 5) is 11.1. The molecule has 0 radical (unpaired) electrons. The summed E-state index contributed by atoms with van der Waals surface area (Å²) in [7, 11) is 0. The van der Waals surface area contributed by atoms with E-state index in [1.165, 1.54) is 0 Å². The van der Waals surface area contributed by atoms with Crippen LogP contribution in [0.25, 0.3) is 0 Å². The van der Waals surface area contributed by atoms with Gasteiger partial charge in [-0.05, 0) is 12.8 Å². The second-order valence-electron chi connectivity index (χ2n) is 3.01. The standard InChI is InChI=1S/C9H15ClO4/c10-4-3-8(11)14-9-7-12-5-1-2-6-13-9/h9H,1-7H2. The first kappa shape index (κ1) is 11.8. The Balaban J connectivity index is 2.22. The van der Waals surface area contributed by atoms with Crippen molar-refractivity contribution in [3.63, 3.8) is 0 Å². The van der Waals surface area contributed by atoms with Crippen LogP contribution in [0.1, 0.15) is 19.3 Å². The summed E-state index contributed by atoms with van der Waals surface area (Å²) >= 11 is 5.40. The Morgan fingerprint density at radius 1 is 1.43 bits per heavy atom. The van der Waals surface area contributed by atoms with Crippen molar-refractivity contribution < 1.29 is 19.0 Å². The lowest BCUT2D eigenvalue weighted by Crippen LogP contribution is -2.29. The molecule has 1 aliphatic rings. The number of carbonyl (C=O) groups is 1. The van der Waals surface area contributed by atoms with E-state index in [0.717, 1.165) is 12.8 Å². The Hall–Kier alpha value is -0.320. The van der Waals surface area contributed by atoms with Crippen LogP contribution < -0.4 is 0 Å². The smallest absolute Gasteiger partial charge is 0.309 e. The van der Waals surface area contributed by atoms with Gasteiger partial charge in [-0.15, -0.1) is 11.6 Å². The first-order valence-electron chi connectivity index (χ1n) is 4.77. The van der Waals surface area contributed by atoms with Crippen molar-refractivity contribution in [2.45, 2.75) is 25.6 Å². The van der Waals surface area contributed by atoms with Crippen LogP contribution in [0, 0.1) is 0 Å². The summed E-state index contributed by atoms with van der Waals surface area (Å²) < 4.78 is 15.5. The summed E-state index contributed by atoms with van der Waals surface area (Å²) in [5.41, 5.74) is 0. The fraction of sp³-hybridized carbons (Fsp3) is 0.889. The number of carbonyl (C=O) groups excluding carboxylic acids is 1. The summed E-state index contributed by atoms with van der Waals surface area (Å²) in [5.74, 6) is -0.0685. The van der Waals surface area contributed by atoms with Gasteiger partial charge in [-0.2, -0.15) is 0 Å². The zero-order valence-electron chi connectivity index (χ0n) is 8.04. The molecule has 0 amide bonds. The second kappa shape index (κ2) is 7.04. The number of hydrogen-bond donors (Lipinski definition) is 0. The van der Waals surface area contributed by atoms with Crippen LogP contribution >= 0.6 is 11.6 Å². The third-order valence-corrected chi connectivity index (χ3v) is 1.99. The van der Waals surface area contributed by atoms with E-state index in [1.807, 2.05) is 0 Å². The van der Waals surface area contributed by atoms with Crippen molar-refractivity contribution in [2.75, 3.05) is 25.7 Å². The molecule has 0 bridgehead atoms. The highest BCUT2D eigenvalue weighted by atomic mass is 35.5. The first-order chi connectivity index (χ1) is 6.83. The average molecular weight is 223 g/mol. The molecule has 1 heterocycles. The minimum absolute atomic E-state index is 0.210. The van der Waals surface area contributed by atoms with Gasteiger partial charge in [0.2, 0.25) is 6.29 Å². The summed E-state index contributed by atoms with van der Waals surface area (Å²) in [6.07, 6.45) is 1.57. The number of halogens is 1. The molecule has 1 atom stereocenters. The quantitative estimate of drug-likeness (QED) is 0.534. The van der Waals surface area contributed by atoms with Gasteiger partial charge in [0.05, 0.1) is 13.0 Å². The first-order valence-corrected chi connectivity index (χ1v) is 5.31. The molecule has 5 heteroatoms. The lowest BCUT2D eigenvalue weighted by atomic mass is 10.3. The predicted octanol–water partition coefficient (Wildman–Crippen LogP) is 1.31. The van der Waals surface area contributed by atoms with Crippen LogP contribution in [-0.4, -0.2) is 38.0 Å². The molecule has 82 valence electrons. The number of alkyl halides is 1. The van der Waals surface area contributed by atoms with Gasteiger partial charge in [0.1, 0.15) is 6.61 Å². The van der Waals surface area contributed by atoms with E-state index in [1.54, 1.807) is 0 Å². The number of ether oxygens (including phenoxy) is 3. The van der Waals surface area contributed by atoms with Gasteiger partial charge < -0.3 is 14.2 Å². The monoisotopic (exact) mass is 222 g/mol. The fourth-order valence-electron chi connectivity index (χ4n) is 1.10. The molecule has 0 aromatic heterocycles. The van der Waals surface area contributed by atoms with E-state index in [2.05, 4.69) is 0 Å². The van der Waals surface area contributed by atoms with Crippen LogP contribution in [0.3, 0.4) is 0 Å². The molecule has 4 nitrogen and oxygen atoms in total. The van der Waals surface area contributed by atoms with E-state index >= 15 is 0 Å². The topological polar surface area (TPSA) is 44.8 Å². The van der Waals surface area contributed by atoms with Gasteiger partial charge in [-0.25, -0.2) is 0 Å². The summed E-state index contributed by atoms with van der Waals surface area (Å²) in [6, 6.07) is 0. The third-order valence-electron chi connectivity index (χ3n) is 1.80. The number of rotatable bonds is 3. The Morgan fingerprint density at radius 3 is 3.00 bits per heavy atom. The van der Waals surface area contributed by atoms with Crippen molar-refractivity contribution in [1.29, 1.82) is 0 Å². The molecular weight excluding hydrogens is 208 g/mol. The Kier molecular flexibility index (Phi) is 5.91. The molecule has 0 aromatic rings. The lowest BCUT2D eigenvalue weighted by Gasteiger charge is -2.20. The Bertz CT molecular complexity index is 166. The van der Waals surface area contributed by atoms with Crippen LogP contribution in [0.15, 0.2) is 0 Å². The van der Waals surface area contributed by atoms with E-state index < -0.39 is 6.29 Å². The molecular formula is C9H15ClO4. The summed E-state index contributed by atoms with van der Waals surface area (Å²) in [5, 5.41) is 0. The average Bonchev–Trinajstić information content (AvgIpc) is 2.10. The number of esters is 1. The maximum atomic E-state index is 11.1. The number of hydrogen-bond acceptors (Lipinski definition) is 4. The molecule has 0 aliphatic carbocycles. The van der Waals surface area contributed by atoms with E-state index in [0.29, 0.717) is 19.8 Å². The van der Waals surface area contributed by atoms with E-state index in [9.17, 15) is 4.79 Å².